The lowest BCUT2D eigenvalue weighted by molar-refractivity contribution is -0.462. The molecule has 1 atom stereocenters. The van der Waals surface area contributed by atoms with Crippen LogP contribution in [0.2, 0.25) is 0 Å². The van der Waals surface area contributed by atoms with Crippen molar-refractivity contribution in [2.45, 2.75) is 66.3 Å². The molecule has 1 rings (SSSR count). The zero-order valence-electron chi connectivity index (χ0n) is 19.2. The van der Waals surface area contributed by atoms with E-state index in [1.807, 2.05) is 0 Å². The third kappa shape index (κ3) is 6.20. The maximum atomic E-state index is 14.3. The van der Waals surface area contributed by atoms with E-state index >= 15 is 0 Å². The van der Waals surface area contributed by atoms with Gasteiger partial charge in [0.05, 0.1) is 13.2 Å². The van der Waals surface area contributed by atoms with Crippen molar-refractivity contribution in [3.63, 3.8) is 0 Å². The van der Waals surface area contributed by atoms with E-state index in [0.717, 1.165) is 19.2 Å². The van der Waals surface area contributed by atoms with E-state index in [2.05, 4.69) is 9.47 Å². The van der Waals surface area contributed by atoms with Gasteiger partial charge < -0.3 is 9.47 Å². The summed E-state index contributed by atoms with van der Waals surface area (Å²) in [6.07, 6.45) is -19.7. The number of methoxy groups -OCH3 is 1. The fourth-order valence-corrected chi connectivity index (χ4v) is 2.84. The van der Waals surface area contributed by atoms with Gasteiger partial charge in [-0.15, -0.1) is 0 Å². The number of benzene rings is 1. The first-order valence-corrected chi connectivity index (χ1v) is 9.89. The van der Waals surface area contributed by atoms with Crippen LogP contribution in [-0.4, -0.2) is 67.5 Å². The van der Waals surface area contributed by atoms with Gasteiger partial charge >= 0.3 is 53.8 Å². The zero-order valence-corrected chi connectivity index (χ0v) is 19.2. The molecule has 1 unspecified atom stereocenters. The van der Waals surface area contributed by atoms with Crippen LogP contribution in [0.4, 0.5) is 87.8 Å². The lowest BCUT2D eigenvalue weighted by Crippen LogP contribution is -2.74. The highest BCUT2D eigenvalue weighted by atomic mass is 19.4. The fraction of sp³-hybridized carbons (Fsp3) is 0.684. The summed E-state index contributed by atoms with van der Waals surface area (Å²) >= 11 is 0. The van der Waals surface area contributed by atoms with Gasteiger partial charge in [0, 0.05) is 6.42 Å². The topological polar surface area (TPSA) is 18.5 Å². The van der Waals surface area contributed by atoms with Crippen molar-refractivity contribution >= 4 is 0 Å². The molecule has 0 aliphatic rings. The van der Waals surface area contributed by atoms with Gasteiger partial charge in [-0.2, -0.15) is 87.8 Å². The zero-order chi connectivity index (χ0) is 32.9. The summed E-state index contributed by atoms with van der Waals surface area (Å²) in [4.78, 5) is 0. The molecule has 0 saturated heterocycles. The average molecular weight is 652 g/mol. The van der Waals surface area contributed by atoms with Gasteiger partial charge in [0.1, 0.15) is 12.4 Å². The first-order valence-electron chi connectivity index (χ1n) is 9.89. The highest BCUT2D eigenvalue weighted by Gasteiger charge is 2.95. The first-order chi connectivity index (χ1) is 17.9. The molecule has 0 radical (unpaired) electrons. The molecule has 0 N–H and O–H groups in total. The van der Waals surface area contributed by atoms with E-state index in [4.69, 9.17) is 0 Å². The SMILES string of the molecule is COc1ccc(C(CC(F)(F)C(F)(F)C(F)(F)C(F)(F)C(F)(F)C(F)(F)C(F)(F)C(F)(F)F)OCC(F)(F)F)cc1. The molecule has 2 nitrogen and oxygen atoms in total. The van der Waals surface area contributed by atoms with Gasteiger partial charge in [-0.25, -0.2) is 0 Å². The Morgan fingerprint density at radius 2 is 0.902 bits per heavy atom. The minimum Gasteiger partial charge on any atom is -0.497 e. The molecule has 0 aromatic heterocycles. The molecule has 41 heavy (non-hydrogen) atoms. The highest BCUT2D eigenvalue weighted by Crippen LogP contribution is 2.64. The van der Waals surface area contributed by atoms with Gasteiger partial charge in [0.2, 0.25) is 0 Å². The average Bonchev–Trinajstić information content (AvgIpc) is 2.79. The number of halogens is 20. The summed E-state index contributed by atoms with van der Waals surface area (Å²) in [6, 6.07) is 2.47. The Morgan fingerprint density at radius 3 is 1.24 bits per heavy atom. The van der Waals surface area contributed by atoms with E-state index in [9.17, 15) is 87.8 Å². The Morgan fingerprint density at radius 1 is 0.537 bits per heavy atom. The van der Waals surface area contributed by atoms with Gasteiger partial charge in [-0.05, 0) is 17.7 Å². The molecule has 0 saturated carbocycles. The maximum absolute atomic E-state index is 14.3. The number of hydrogen-bond donors (Lipinski definition) is 0. The number of ether oxygens (including phenoxy) is 2. The van der Waals surface area contributed by atoms with Crippen molar-refractivity contribution in [2.24, 2.45) is 0 Å². The van der Waals surface area contributed by atoms with Crippen molar-refractivity contribution < 1.29 is 97.3 Å². The minimum atomic E-state index is -8.82. The molecule has 0 fully saturated rings. The van der Waals surface area contributed by atoms with Crippen LogP contribution in [0.1, 0.15) is 18.1 Å². The van der Waals surface area contributed by atoms with Crippen LogP contribution in [0.5, 0.6) is 5.75 Å². The van der Waals surface area contributed by atoms with E-state index in [0.29, 0.717) is 12.1 Å². The summed E-state index contributed by atoms with van der Waals surface area (Å²) in [5.41, 5.74) is -1.01. The van der Waals surface area contributed by atoms with Crippen LogP contribution in [0, 0.1) is 0 Å². The number of hydrogen-bond acceptors (Lipinski definition) is 2. The Kier molecular flexibility index (Phi) is 9.55. The second-order valence-corrected chi connectivity index (χ2v) is 8.04. The largest absolute Gasteiger partial charge is 0.497 e. The van der Waals surface area contributed by atoms with Crippen molar-refractivity contribution in [3.8, 4) is 5.75 Å². The van der Waals surface area contributed by atoms with Crippen LogP contribution >= 0.6 is 0 Å². The quantitative estimate of drug-likeness (QED) is 0.211. The molecule has 22 heteroatoms. The van der Waals surface area contributed by atoms with Crippen LogP contribution < -0.4 is 4.74 Å². The van der Waals surface area contributed by atoms with Crippen molar-refractivity contribution in [1.29, 1.82) is 0 Å². The molecule has 0 spiro atoms. The van der Waals surface area contributed by atoms with E-state index in [1.54, 1.807) is 0 Å². The lowest BCUT2D eigenvalue weighted by atomic mass is 9.87. The summed E-state index contributed by atoms with van der Waals surface area (Å²) in [5, 5.41) is 0. The Labute approximate surface area is 214 Å². The molecule has 0 bridgehead atoms. The van der Waals surface area contributed by atoms with Gasteiger partial charge in [-0.3, -0.25) is 0 Å². The van der Waals surface area contributed by atoms with Crippen LogP contribution in [0.3, 0.4) is 0 Å². The summed E-state index contributed by atoms with van der Waals surface area (Å²) in [5.74, 6) is -58.3. The third-order valence-electron chi connectivity index (χ3n) is 5.16. The molecule has 1 aromatic carbocycles. The molecular weight excluding hydrogens is 640 g/mol. The Bertz CT molecular complexity index is 1020. The lowest BCUT2D eigenvalue weighted by Gasteiger charge is -2.43. The minimum absolute atomic E-state index is 0.189. The predicted octanol–water partition coefficient (Wildman–Crippen LogP) is 8.71. The van der Waals surface area contributed by atoms with Gasteiger partial charge in [0.15, 0.2) is 0 Å². The van der Waals surface area contributed by atoms with E-state index in [1.165, 1.54) is 0 Å². The second-order valence-electron chi connectivity index (χ2n) is 8.04. The smallest absolute Gasteiger partial charge is 0.460 e. The molecule has 240 valence electrons. The van der Waals surface area contributed by atoms with Crippen LogP contribution in [0.15, 0.2) is 24.3 Å². The first kappa shape index (κ1) is 36.6. The molecule has 0 amide bonds. The Balaban J connectivity index is 3.64. The second kappa shape index (κ2) is 10.7. The fourth-order valence-electron chi connectivity index (χ4n) is 2.84. The summed E-state index contributed by atoms with van der Waals surface area (Å²) < 4.78 is 274. The van der Waals surface area contributed by atoms with Crippen molar-refractivity contribution in [1.82, 2.24) is 0 Å². The number of rotatable bonds is 12. The summed E-state index contributed by atoms with van der Waals surface area (Å²) in [7, 11) is 0.980. The predicted molar refractivity (Wildman–Crippen MR) is 93.0 cm³/mol. The normalized spacial score (nSPS) is 16.1. The molecule has 0 aliphatic heterocycles. The third-order valence-corrected chi connectivity index (χ3v) is 5.16. The molecule has 1 aromatic rings. The molecule has 0 aliphatic carbocycles. The van der Waals surface area contributed by atoms with Crippen LogP contribution in [0.25, 0.3) is 0 Å². The number of alkyl halides is 20. The van der Waals surface area contributed by atoms with E-state index < -0.39 is 78.5 Å². The highest BCUT2D eigenvalue weighted by molar-refractivity contribution is 5.29. The molecule has 0 heterocycles. The van der Waals surface area contributed by atoms with Crippen molar-refractivity contribution in [2.75, 3.05) is 13.7 Å². The maximum Gasteiger partial charge on any atom is 0.460 e. The van der Waals surface area contributed by atoms with Gasteiger partial charge in [0.25, 0.3) is 0 Å². The molecular formula is C19H12F20O2. The van der Waals surface area contributed by atoms with Gasteiger partial charge in [-0.1, -0.05) is 12.1 Å². The van der Waals surface area contributed by atoms with Crippen LogP contribution in [-0.2, 0) is 4.74 Å². The van der Waals surface area contributed by atoms with E-state index in [-0.39, 0.29) is 5.75 Å². The standard InChI is InChI=1S/C19H12F20O2/c1-40-9-4-2-8(3-5-9)10(41-7-12(22,23)24)6-11(20,21)13(25,26)14(27,28)15(29,30)16(31,32)17(33,34)18(35,36)19(37,38)39/h2-5,10H,6-7H2,1H3. The summed E-state index contributed by atoms with van der Waals surface area (Å²) in [6.45, 7) is -2.60. The Hall–Kier alpha value is -2.42. The van der Waals surface area contributed by atoms with Crippen molar-refractivity contribution in [3.05, 3.63) is 29.8 Å². The monoisotopic (exact) mass is 652 g/mol.